The van der Waals surface area contributed by atoms with Crippen LogP contribution in [0.3, 0.4) is 0 Å². The monoisotopic (exact) mass is 301 g/mol. The van der Waals surface area contributed by atoms with Gasteiger partial charge < -0.3 is 9.88 Å². The second-order valence-corrected chi connectivity index (χ2v) is 7.08. The molecule has 0 radical (unpaired) electrons. The van der Waals surface area contributed by atoms with Crippen LogP contribution in [0.15, 0.2) is 6.33 Å². The molecule has 0 bridgehead atoms. The molecule has 2 rings (SSSR count). The fourth-order valence-corrected chi connectivity index (χ4v) is 3.56. The van der Waals surface area contributed by atoms with E-state index >= 15 is 0 Å². The van der Waals surface area contributed by atoms with E-state index in [1.165, 1.54) is 0 Å². The van der Waals surface area contributed by atoms with Crippen molar-refractivity contribution in [3.8, 4) is 0 Å². The number of rotatable bonds is 7. The highest BCUT2D eigenvalue weighted by Gasteiger charge is 2.18. The number of piperidine rings is 1. The molecule has 1 saturated heterocycles. The maximum absolute atomic E-state index is 12.0. The van der Waals surface area contributed by atoms with Gasteiger partial charge in [0, 0.05) is 6.54 Å². The van der Waals surface area contributed by atoms with Gasteiger partial charge in [0.05, 0.1) is 12.3 Å². The molecule has 114 valence electrons. The molecule has 1 fully saturated rings. The van der Waals surface area contributed by atoms with Crippen molar-refractivity contribution >= 4 is 10.0 Å². The molecular formula is C12H23N5O2S. The summed E-state index contributed by atoms with van der Waals surface area (Å²) < 4.78 is 28.4. The van der Waals surface area contributed by atoms with E-state index in [2.05, 4.69) is 20.2 Å². The lowest BCUT2D eigenvalue weighted by Gasteiger charge is -2.22. The summed E-state index contributed by atoms with van der Waals surface area (Å²) in [6.07, 6.45) is 4.48. The van der Waals surface area contributed by atoms with E-state index in [-0.39, 0.29) is 12.3 Å². The van der Waals surface area contributed by atoms with Crippen LogP contribution in [0.1, 0.15) is 32.0 Å². The van der Waals surface area contributed by atoms with Crippen molar-refractivity contribution in [2.45, 2.75) is 39.3 Å². The van der Waals surface area contributed by atoms with Crippen molar-refractivity contribution in [3.05, 3.63) is 12.2 Å². The fraction of sp³-hybridized carbons (Fsp3) is 0.833. The first-order chi connectivity index (χ1) is 9.61. The molecule has 0 aliphatic carbocycles. The molecule has 1 aliphatic heterocycles. The first-order valence-electron chi connectivity index (χ1n) is 7.15. The van der Waals surface area contributed by atoms with E-state index < -0.39 is 10.0 Å². The number of nitrogens with zero attached hydrogens (tertiary/aromatic N) is 3. The lowest BCUT2D eigenvalue weighted by molar-refractivity contribution is 0.365. The third-order valence-corrected chi connectivity index (χ3v) is 5.10. The molecule has 0 unspecified atom stereocenters. The van der Waals surface area contributed by atoms with Gasteiger partial charge in [-0.1, -0.05) is 0 Å². The van der Waals surface area contributed by atoms with E-state index in [4.69, 9.17) is 0 Å². The van der Waals surface area contributed by atoms with Crippen LogP contribution in [0.2, 0.25) is 0 Å². The molecule has 1 aromatic heterocycles. The van der Waals surface area contributed by atoms with Gasteiger partial charge in [0.15, 0.2) is 0 Å². The smallest absolute Gasteiger partial charge is 0.212 e. The summed E-state index contributed by atoms with van der Waals surface area (Å²) in [5.74, 6) is 1.36. The number of aryl methyl sites for hydroxylation is 1. The molecule has 2 N–H and O–H groups in total. The second-order valence-electron chi connectivity index (χ2n) is 5.16. The molecule has 1 aliphatic rings. The van der Waals surface area contributed by atoms with Crippen molar-refractivity contribution in [1.29, 1.82) is 0 Å². The topological polar surface area (TPSA) is 88.9 Å². The summed E-state index contributed by atoms with van der Waals surface area (Å²) in [5, 5.41) is 11.0. The molecule has 8 heteroatoms. The molecule has 0 amide bonds. The maximum Gasteiger partial charge on any atom is 0.212 e. The van der Waals surface area contributed by atoms with Gasteiger partial charge in [0.2, 0.25) is 10.0 Å². The van der Waals surface area contributed by atoms with E-state index in [0.29, 0.717) is 11.7 Å². The Labute approximate surface area is 120 Å². The van der Waals surface area contributed by atoms with Crippen molar-refractivity contribution in [2.75, 3.05) is 18.8 Å². The van der Waals surface area contributed by atoms with Crippen molar-refractivity contribution in [1.82, 2.24) is 24.8 Å². The predicted molar refractivity (Wildman–Crippen MR) is 76.5 cm³/mol. The maximum atomic E-state index is 12.0. The van der Waals surface area contributed by atoms with Crippen molar-refractivity contribution in [2.24, 2.45) is 5.92 Å². The number of sulfonamides is 1. The molecule has 0 atom stereocenters. The first-order valence-corrected chi connectivity index (χ1v) is 8.80. The lowest BCUT2D eigenvalue weighted by atomic mass is 9.96. The quantitative estimate of drug-likeness (QED) is 0.746. The van der Waals surface area contributed by atoms with Crippen molar-refractivity contribution in [3.63, 3.8) is 0 Å². The van der Waals surface area contributed by atoms with Crippen LogP contribution in [0.5, 0.6) is 0 Å². The summed E-state index contributed by atoms with van der Waals surface area (Å²) in [5.41, 5.74) is 0. The molecular weight excluding hydrogens is 278 g/mol. The molecule has 7 nitrogen and oxygen atoms in total. The van der Waals surface area contributed by atoms with E-state index in [0.717, 1.165) is 38.9 Å². The molecule has 2 heterocycles. The van der Waals surface area contributed by atoms with Crippen LogP contribution >= 0.6 is 0 Å². The predicted octanol–water partition coefficient (Wildman–Crippen LogP) is 0.107. The highest BCUT2D eigenvalue weighted by molar-refractivity contribution is 7.89. The minimum Gasteiger partial charge on any atom is -0.317 e. The van der Waals surface area contributed by atoms with Gasteiger partial charge in [0.1, 0.15) is 12.2 Å². The van der Waals surface area contributed by atoms with Gasteiger partial charge in [-0.3, -0.25) is 0 Å². The summed E-state index contributed by atoms with van der Waals surface area (Å²) in [6, 6.07) is 0. The van der Waals surface area contributed by atoms with E-state index in [9.17, 15) is 8.42 Å². The normalized spacial score (nSPS) is 17.4. The summed E-state index contributed by atoms with van der Waals surface area (Å²) in [4.78, 5) is 0. The average molecular weight is 301 g/mol. The van der Waals surface area contributed by atoms with E-state index in [1.807, 2.05) is 11.5 Å². The van der Waals surface area contributed by atoms with E-state index in [1.54, 1.807) is 6.33 Å². The Morgan fingerprint density at radius 2 is 2.20 bits per heavy atom. The molecule has 0 saturated carbocycles. The number of hydrogen-bond donors (Lipinski definition) is 2. The Balaban J connectivity index is 1.78. The second kappa shape index (κ2) is 7.14. The summed E-state index contributed by atoms with van der Waals surface area (Å²) >= 11 is 0. The van der Waals surface area contributed by atoms with Gasteiger partial charge in [-0.05, 0) is 45.2 Å². The Morgan fingerprint density at radius 1 is 1.45 bits per heavy atom. The highest BCUT2D eigenvalue weighted by Crippen LogP contribution is 2.16. The Bertz CT molecular complexity index is 508. The lowest BCUT2D eigenvalue weighted by Crippen LogP contribution is -2.31. The Morgan fingerprint density at radius 3 is 2.90 bits per heavy atom. The summed E-state index contributed by atoms with van der Waals surface area (Å²) in [6.45, 7) is 4.91. The minimum atomic E-state index is -3.23. The minimum absolute atomic E-state index is 0.192. The van der Waals surface area contributed by atoms with Gasteiger partial charge >= 0.3 is 0 Å². The zero-order valence-electron chi connectivity index (χ0n) is 11.9. The third-order valence-electron chi connectivity index (χ3n) is 3.74. The van der Waals surface area contributed by atoms with Crippen LogP contribution in [0, 0.1) is 5.92 Å². The highest BCUT2D eigenvalue weighted by atomic mass is 32.2. The largest absolute Gasteiger partial charge is 0.317 e. The molecule has 0 spiro atoms. The summed E-state index contributed by atoms with van der Waals surface area (Å²) in [7, 11) is -3.23. The zero-order valence-corrected chi connectivity index (χ0v) is 12.7. The average Bonchev–Trinajstić information content (AvgIpc) is 2.92. The zero-order chi connectivity index (χ0) is 14.4. The first kappa shape index (κ1) is 15.4. The van der Waals surface area contributed by atoms with Crippen LogP contribution in [0.25, 0.3) is 0 Å². The van der Waals surface area contributed by atoms with Gasteiger partial charge in [-0.15, -0.1) is 10.2 Å². The Hall–Kier alpha value is -0.990. The van der Waals surface area contributed by atoms with Gasteiger partial charge in [-0.2, -0.15) is 0 Å². The van der Waals surface area contributed by atoms with Crippen LogP contribution in [0.4, 0.5) is 0 Å². The van der Waals surface area contributed by atoms with Crippen LogP contribution in [-0.4, -0.2) is 42.0 Å². The van der Waals surface area contributed by atoms with Gasteiger partial charge in [0.25, 0.3) is 0 Å². The van der Waals surface area contributed by atoms with Crippen molar-refractivity contribution < 1.29 is 8.42 Å². The van der Waals surface area contributed by atoms with Crippen LogP contribution < -0.4 is 10.0 Å². The number of hydrogen-bond acceptors (Lipinski definition) is 5. The van der Waals surface area contributed by atoms with Crippen LogP contribution in [-0.2, 0) is 23.1 Å². The molecule has 1 aromatic rings. The molecule has 0 aromatic carbocycles. The molecule has 20 heavy (non-hydrogen) atoms. The number of nitrogens with one attached hydrogen (secondary N) is 2. The Kier molecular flexibility index (Phi) is 5.50. The van der Waals surface area contributed by atoms with Gasteiger partial charge in [-0.25, -0.2) is 13.1 Å². The third kappa shape index (κ3) is 4.53. The number of aromatic nitrogens is 3. The standard InChI is InChI=1S/C12H23N5O2S/c1-2-17-10-14-16-12(17)9-15-20(18,19)8-5-11-3-6-13-7-4-11/h10-11,13,15H,2-9H2,1H3. The fourth-order valence-electron chi connectivity index (χ4n) is 2.42. The SMILES string of the molecule is CCn1cnnc1CNS(=O)(=O)CCC1CCNCC1.